The van der Waals surface area contributed by atoms with Crippen molar-refractivity contribution in [3.05, 3.63) is 71.7 Å². The lowest BCUT2D eigenvalue weighted by Gasteiger charge is -2.29. The summed E-state index contributed by atoms with van der Waals surface area (Å²) in [4.78, 5) is 20.2. The summed E-state index contributed by atoms with van der Waals surface area (Å²) in [7, 11) is 0. The first-order chi connectivity index (χ1) is 22.2. The molecule has 1 saturated heterocycles. The van der Waals surface area contributed by atoms with E-state index in [2.05, 4.69) is 16.0 Å². The molecule has 1 aliphatic heterocycles. The number of nitrogens with two attached hydrogens (primary N) is 1. The van der Waals surface area contributed by atoms with Gasteiger partial charge in [0.2, 0.25) is 0 Å². The summed E-state index contributed by atoms with van der Waals surface area (Å²) in [6.07, 6.45) is 0.104. The van der Waals surface area contributed by atoms with Crippen molar-refractivity contribution in [2.75, 3.05) is 25.6 Å². The smallest absolute Gasteiger partial charge is 0.305 e. The summed E-state index contributed by atoms with van der Waals surface area (Å²) in [6.45, 7) is 3.47. The van der Waals surface area contributed by atoms with Gasteiger partial charge in [-0.25, -0.2) is 9.97 Å². The molecule has 5 N–H and O–H groups in total. The molecule has 12 nitrogen and oxygen atoms in total. The topological polar surface area (TPSA) is 186 Å². The van der Waals surface area contributed by atoms with E-state index < -0.39 is 30.6 Å². The van der Waals surface area contributed by atoms with Gasteiger partial charge in [-0.05, 0) is 56.7 Å². The van der Waals surface area contributed by atoms with E-state index in [9.17, 15) is 25.4 Å². The standard InChI is InChI=1S/C34H39N5O7/c1-3-44-28(41)11-7-8-16-45-26-17-21(12-14-23(26)22-9-5-4-6-10-22)13-15-25-24(18-35)29-31(36)37-20-38-32(29)39(25)33-34(2,43)30(42)27(19-40)46-33/h4-6,9-10,12,14,17,20,27,30,33,40,42-43H,3,7-8,11,13,15-16,19H2,1-2H3,(H2,36,37,38)/t27-,30-,33?,34-/m1/s1. The number of anilines is 1. The van der Waals surface area contributed by atoms with E-state index in [0.717, 1.165) is 16.7 Å². The van der Waals surface area contributed by atoms with Crippen LogP contribution in [-0.4, -0.2) is 73.5 Å². The van der Waals surface area contributed by atoms with Gasteiger partial charge in [-0.2, -0.15) is 5.26 Å². The number of nitriles is 1. The van der Waals surface area contributed by atoms with Crippen LogP contribution in [0.5, 0.6) is 5.75 Å². The van der Waals surface area contributed by atoms with Gasteiger partial charge < -0.3 is 35.3 Å². The lowest BCUT2D eigenvalue weighted by Crippen LogP contribution is -2.44. The number of aliphatic hydroxyl groups is 3. The zero-order valence-electron chi connectivity index (χ0n) is 25.9. The molecule has 242 valence electrons. The van der Waals surface area contributed by atoms with Gasteiger partial charge >= 0.3 is 5.97 Å². The van der Waals surface area contributed by atoms with Crippen LogP contribution in [0.3, 0.4) is 0 Å². The Bertz CT molecular complexity index is 1720. The van der Waals surface area contributed by atoms with E-state index in [4.69, 9.17) is 19.9 Å². The molecule has 4 atom stereocenters. The number of nitrogens with zero attached hydrogens (tertiary/aromatic N) is 4. The SMILES string of the molecule is CCOC(=O)CCCCOc1cc(CCc2c(C#N)c3c(N)ncnc3n2C2O[C@H](CO)[C@@H](O)[C@@]2(C)O)ccc1-c1ccccc1. The Kier molecular flexibility index (Phi) is 10.2. The van der Waals surface area contributed by atoms with E-state index in [1.54, 1.807) is 11.5 Å². The minimum absolute atomic E-state index is 0.101. The fourth-order valence-electron chi connectivity index (χ4n) is 5.94. The van der Waals surface area contributed by atoms with Crippen molar-refractivity contribution in [3.63, 3.8) is 0 Å². The number of aliphatic hydroxyl groups excluding tert-OH is 2. The number of aromatic nitrogens is 3. The first-order valence-corrected chi connectivity index (χ1v) is 15.4. The molecule has 0 bridgehead atoms. The third kappa shape index (κ3) is 6.54. The van der Waals surface area contributed by atoms with Crippen molar-refractivity contribution >= 4 is 22.8 Å². The molecule has 4 aromatic rings. The number of carbonyl (C=O) groups excluding carboxylic acids is 1. The summed E-state index contributed by atoms with van der Waals surface area (Å²) < 4.78 is 18.8. The highest BCUT2D eigenvalue weighted by Crippen LogP contribution is 2.43. The van der Waals surface area contributed by atoms with Gasteiger partial charge in [0, 0.05) is 17.7 Å². The van der Waals surface area contributed by atoms with Crippen LogP contribution in [0.4, 0.5) is 5.82 Å². The Morgan fingerprint density at radius 3 is 2.65 bits per heavy atom. The van der Waals surface area contributed by atoms with Crippen LogP contribution in [0.15, 0.2) is 54.9 Å². The number of hydrogen-bond acceptors (Lipinski definition) is 11. The van der Waals surface area contributed by atoms with Gasteiger partial charge in [0.05, 0.1) is 30.8 Å². The number of rotatable bonds is 13. The van der Waals surface area contributed by atoms with Gasteiger partial charge in [-0.15, -0.1) is 0 Å². The number of fused-ring (bicyclic) bond motifs is 1. The molecule has 2 aromatic heterocycles. The van der Waals surface area contributed by atoms with Gasteiger partial charge in [0.1, 0.15) is 47.4 Å². The van der Waals surface area contributed by atoms with Crippen LogP contribution in [-0.2, 0) is 27.1 Å². The number of ether oxygens (including phenoxy) is 3. The average Bonchev–Trinajstić information content (AvgIpc) is 3.49. The Labute approximate surface area is 267 Å². The molecule has 0 spiro atoms. The molecule has 0 saturated carbocycles. The van der Waals surface area contributed by atoms with E-state index in [1.165, 1.54) is 13.3 Å². The highest BCUT2D eigenvalue weighted by Gasteiger charge is 2.54. The monoisotopic (exact) mass is 629 g/mol. The average molecular weight is 630 g/mol. The van der Waals surface area contributed by atoms with Crippen LogP contribution >= 0.6 is 0 Å². The van der Waals surface area contributed by atoms with Crippen molar-refractivity contribution in [1.29, 1.82) is 5.26 Å². The van der Waals surface area contributed by atoms with Crippen LogP contribution in [0.2, 0.25) is 0 Å². The Balaban J connectivity index is 1.46. The first-order valence-electron chi connectivity index (χ1n) is 15.4. The van der Waals surface area contributed by atoms with Crippen molar-refractivity contribution in [2.24, 2.45) is 0 Å². The van der Waals surface area contributed by atoms with Gasteiger partial charge in [0.15, 0.2) is 6.23 Å². The lowest BCUT2D eigenvalue weighted by molar-refractivity contribution is -0.143. The molecule has 12 heteroatoms. The van der Waals surface area contributed by atoms with Crippen LogP contribution < -0.4 is 10.5 Å². The largest absolute Gasteiger partial charge is 0.493 e. The molecule has 2 aromatic carbocycles. The van der Waals surface area contributed by atoms with Crippen LogP contribution in [0, 0.1) is 11.3 Å². The second-order valence-electron chi connectivity index (χ2n) is 11.4. The van der Waals surface area contributed by atoms with Gasteiger partial charge in [-0.1, -0.05) is 42.5 Å². The fraction of sp³-hybridized carbons (Fsp3) is 0.412. The molecule has 0 radical (unpaired) electrons. The van der Waals surface area contributed by atoms with Crippen molar-refractivity contribution < 1.29 is 34.3 Å². The second kappa shape index (κ2) is 14.3. The highest BCUT2D eigenvalue weighted by atomic mass is 16.6. The number of unbranched alkanes of at least 4 members (excludes halogenated alkanes) is 1. The number of hydrogen-bond donors (Lipinski definition) is 4. The van der Waals surface area contributed by atoms with E-state index >= 15 is 0 Å². The lowest BCUT2D eigenvalue weighted by atomic mass is 9.96. The molecule has 0 aliphatic carbocycles. The Morgan fingerprint density at radius 2 is 1.96 bits per heavy atom. The Morgan fingerprint density at radius 1 is 1.17 bits per heavy atom. The number of aryl methyl sites for hydroxylation is 1. The van der Waals surface area contributed by atoms with Crippen molar-refractivity contribution in [2.45, 2.75) is 70.0 Å². The van der Waals surface area contributed by atoms with Crippen molar-refractivity contribution in [1.82, 2.24) is 14.5 Å². The summed E-state index contributed by atoms with van der Waals surface area (Å²) in [5, 5.41) is 42.5. The third-order valence-corrected chi connectivity index (χ3v) is 8.31. The van der Waals surface area contributed by atoms with Crippen LogP contribution in [0.1, 0.15) is 56.2 Å². The predicted octanol–water partition coefficient (Wildman–Crippen LogP) is 3.45. The van der Waals surface area contributed by atoms with Crippen molar-refractivity contribution in [3.8, 4) is 22.9 Å². The number of carbonyl (C=O) groups is 1. The summed E-state index contributed by atoms with van der Waals surface area (Å²) in [5.74, 6) is 0.568. The predicted molar refractivity (Wildman–Crippen MR) is 170 cm³/mol. The van der Waals surface area contributed by atoms with E-state index in [1.807, 2.05) is 48.5 Å². The molecule has 1 fully saturated rings. The highest BCUT2D eigenvalue weighted by molar-refractivity contribution is 5.93. The molecular formula is C34H39N5O7. The molecule has 46 heavy (non-hydrogen) atoms. The van der Waals surface area contributed by atoms with Gasteiger partial charge in [0.25, 0.3) is 0 Å². The molecular weight excluding hydrogens is 590 g/mol. The number of benzene rings is 2. The Hall–Kier alpha value is -4.54. The summed E-state index contributed by atoms with van der Waals surface area (Å²) in [6, 6.07) is 18.1. The second-order valence-corrected chi connectivity index (χ2v) is 11.4. The summed E-state index contributed by atoms with van der Waals surface area (Å²) >= 11 is 0. The maximum absolute atomic E-state index is 11.7. The van der Waals surface area contributed by atoms with Gasteiger partial charge in [-0.3, -0.25) is 9.36 Å². The summed E-state index contributed by atoms with van der Waals surface area (Å²) in [5.41, 5.74) is 8.25. The van der Waals surface area contributed by atoms with E-state index in [0.29, 0.717) is 62.1 Å². The first kappa shape index (κ1) is 32.8. The molecule has 1 unspecified atom stereocenters. The minimum atomic E-state index is -1.81. The number of esters is 1. The quantitative estimate of drug-likeness (QED) is 0.125. The van der Waals surface area contributed by atoms with Crippen LogP contribution in [0.25, 0.3) is 22.2 Å². The van der Waals surface area contributed by atoms with E-state index in [-0.39, 0.29) is 23.0 Å². The molecule has 1 aliphatic rings. The molecule has 5 rings (SSSR count). The zero-order valence-corrected chi connectivity index (χ0v) is 25.9. The molecule has 3 heterocycles. The maximum atomic E-state index is 11.7. The molecule has 0 amide bonds. The minimum Gasteiger partial charge on any atom is -0.493 e. The third-order valence-electron chi connectivity index (χ3n) is 8.31. The maximum Gasteiger partial charge on any atom is 0.305 e. The zero-order chi connectivity index (χ0) is 32.8. The number of nitrogen functional groups attached to an aromatic ring is 1. The fourth-order valence-corrected chi connectivity index (χ4v) is 5.94. The normalized spacial score (nSPS) is 20.9.